The smallest absolute Gasteiger partial charge is 0.257 e. The Bertz CT molecular complexity index is 954. The molecule has 2 heterocycles. The molecule has 0 saturated carbocycles. The van der Waals surface area contributed by atoms with E-state index in [2.05, 4.69) is 15.6 Å². The monoisotopic (exact) mass is 383 g/mol. The number of nitrogens with zero attached hydrogens (tertiary/aromatic N) is 1. The first kappa shape index (κ1) is 17.2. The fraction of sp³-hybridized carbons (Fsp3) is 0.200. The van der Waals surface area contributed by atoms with Crippen molar-refractivity contribution in [3.8, 4) is 0 Å². The average Bonchev–Trinajstić information content (AvgIpc) is 3.10. The van der Waals surface area contributed by atoms with Crippen LogP contribution in [0, 0.1) is 0 Å². The molecule has 0 bridgehead atoms. The molecule has 0 atom stereocenters. The van der Waals surface area contributed by atoms with Crippen LogP contribution in [0.5, 0.6) is 0 Å². The summed E-state index contributed by atoms with van der Waals surface area (Å²) in [5.41, 5.74) is 4.24. The topological polar surface area (TPSA) is 54.0 Å². The third-order valence-corrected chi connectivity index (χ3v) is 5.73. The van der Waals surface area contributed by atoms with E-state index in [9.17, 15) is 4.79 Å². The summed E-state index contributed by atoms with van der Waals surface area (Å²) < 4.78 is 0. The van der Waals surface area contributed by atoms with Crippen molar-refractivity contribution in [1.82, 2.24) is 10.3 Å². The van der Waals surface area contributed by atoms with E-state index in [1.54, 1.807) is 6.20 Å². The Morgan fingerprint density at radius 1 is 1.23 bits per heavy atom. The maximum Gasteiger partial charge on any atom is 0.257 e. The van der Waals surface area contributed by atoms with Crippen molar-refractivity contribution in [2.24, 2.45) is 0 Å². The summed E-state index contributed by atoms with van der Waals surface area (Å²) in [6.45, 7) is 1.82. The number of hydrogen-bond acceptors (Lipinski definition) is 4. The Morgan fingerprint density at radius 2 is 2.12 bits per heavy atom. The molecule has 0 saturated heterocycles. The van der Waals surface area contributed by atoms with Gasteiger partial charge in [0.15, 0.2) is 5.13 Å². The summed E-state index contributed by atoms with van der Waals surface area (Å²) in [6, 6.07) is 13.7. The van der Waals surface area contributed by atoms with E-state index in [0.717, 1.165) is 35.0 Å². The number of carbonyl (C=O) groups excluding carboxylic acids is 1. The predicted octanol–water partition coefficient (Wildman–Crippen LogP) is 4.29. The molecule has 26 heavy (non-hydrogen) atoms. The van der Waals surface area contributed by atoms with Gasteiger partial charge in [-0.2, -0.15) is 0 Å². The molecule has 4 rings (SSSR count). The van der Waals surface area contributed by atoms with Crippen LogP contribution in [-0.4, -0.2) is 17.4 Å². The summed E-state index contributed by atoms with van der Waals surface area (Å²) in [5.74, 6) is -0.120. The molecule has 6 heteroatoms. The molecule has 4 nitrogen and oxygen atoms in total. The highest BCUT2D eigenvalue weighted by Crippen LogP contribution is 2.25. The fourth-order valence-electron chi connectivity index (χ4n) is 3.06. The fourth-order valence-corrected chi connectivity index (χ4v) is 4.10. The van der Waals surface area contributed by atoms with E-state index in [-0.39, 0.29) is 5.91 Å². The summed E-state index contributed by atoms with van der Waals surface area (Å²) in [7, 11) is 0. The normalized spacial score (nSPS) is 13.3. The molecule has 1 aliphatic heterocycles. The number of halogens is 1. The number of fused-ring (bicyclic) bond motifs is 1. The van der Waals surface area contributed by atoms with Gasteiger partial charge in [-0.15, -0.1) is 11.3 Å². The third-order valence-electron chi connectivity index (χ3n) is 4.45. The van der Waals surface area contributed by atoms with Gasteiger partial charge in [0, 0.05) is 34.6 Å². The van der Waals surface area contributed by atoms with Crippen LogP contribution < -0.4 is 10.6 Å². The van der Waals surface area contributed by atoms with Gasteiger partial charge in [-0.3, -0.25) is 10.1 Å². The van der Waals surface area contributed by atoms with Gasteiger partial charge >= 0.3 is 0 Å². The lowest BCUT2D eigenvalue weighted by molar-refractivity contribution is 0.102. The minimum absolute atomic E-state index is 0.120. The quantitative estimate of drug-likeness (QED) is 0.706. The molecule has 2 aromatic carbocycles. The van der Waals surface area contributed by atoms with Crippen LogP contribution in [0.4, 0.5) is 5.13 Å². The summed E-state index contributed by atoms with van der Waals surface area (Å²) in [5, 5.41) is 7.60. The van der Waals surface area contributed by atoms with Crippen molar-refractivity contribution in [2.45, 2.75) is 19.4 Å². The van der Waals surface area contributed by atoms with Crippen molar-refractivity contribution in [3.05, 3.63) is 80.8 Å². The molecule has 0 aliphatic carbocycles. The van der Waals surface area contributed by atoms with Crippen molar-refractivity contribution in [1.29, 1.82) is 0 Å². The van der Waals surface area contributed by atoms with Gasteiger partial charge in [-0.1, -0.05) is 35.9 Å². The van der Waals surface area contributed by atoms with E-state index in [4.69, 9.17) is 11.6 Å². The van der Waals surface area contributed by atoms with E-state index in [1.807, 2.05) is 42.5 Å². The van der Waals surface area contributed by atoms with E-state index < -0.39 is 0 Å². The highest BCUT2D eigenvalue weighted by Gasteiger charge is 2.14. The average molecular weight is 384 g/mol. The number of aromatic nitrogens is 1. The summed E-state index contributed by atoms with van der Waals surface area (Å²) in [4.78, 5) is 17.9. The zero-order chi connectivity index (χ0) is 17.9. The number of nitrogens with one attached hydrogen (secondary N) is 2. The minimum Gasteiger partial charge on any atom is -0.312 e. The SMILES string of the molecule is O=C(Nc1ncc(Cc2ccccc2Cl)s1)c1ccc2c(c1)CCNC2. The molecule has 2 N–H and O–H groups in total. The summed E-state index contributed by atoms with van der Waals surface area (Å²) >= 11 is 7.69. The second kappa shape index (κ2) is 7.58. The first-order valence-corrected chi connectivity index (χ1v) is 9.70. The molecule has 0 spiro atoms. The highest BCUT2D eigenvalue weighted by molar-refractivity contribution is 7.15. The molecule has 1 amide bonds. The summed E-state index contributed by atoms with van der Waals surface area (Å²) in [6.07, 6.45) is 3.46. The van der Waals surface area contributed by atoms with Gasteiger partial charge in [0.05, 0.1) is 0 Å². The molecule has 1 aliphatic rings. The Kier molecular flexibility index (Phi) is 5.02. The lowest BCUT2D eigenvalue weighted by Crippen LogP contribution is -2.24. The van der Waals surface area contributed by atoms with Crippen molar-refractivity contribution >= 4 is 34.0 Å². The molecule has 0 radical (unpaired) electrons. The number of carbonyl (C=O) groups is 1. The van der Waals surface area contributed by atoms with E-state index in [1.165, 1.54) is 22.5 Å². The molecular formula is C20H18ClN3OS. The molecule has 0 unspecified atom stereocenters. The highest BCUT2D eigenvalue weighted by atomic mass is 35.5. The molecule has 3 aromatic rings. The van der Waals surface area contributed by atoms with Crippen LogP contribution >= 0.6 is 22.9 Å². The van der Waals surface area contributed by atoms with Gasteiger partial charge in [-0.25, -0.2) is 4.98 Å². The van der Waals surface area contributed by atoms with Crippen LogP contribution in [0.25, 0.3) is 0 Å². The van der Waals surface area contributed by atoms with Gasteiger partial charge in [0.2, 0.25) is 0 Å². The standard InChI is InChI=1S/C20H18ClN3OS/c21-18-4-2-1-3-14(18)10-17-12-23-20(26-17)24-19(25)15-5-6-16-11-22-8-7-13(16)9-15/h1-6,9,12,22H,7-8,10-11H2,(H,23,24,25). The second-order valence-electron chi connectivity index (χ2n) is 6.26. The van der Waals surface area contributed by atoms with Crippen LogP contribution in [0.1, 0.15) is 31.9 Å². The van der Waals surface area contributed by atoms with Crippen molar-refractivity contribution < 1.29 is 4.79 Å². The second-order valence-corrected chi connectivity index (χ2v) is 7.79. The van der Waals surface area contributed by atoms with Gasteiger partial charge in [0.1, 0.15) is 0 Å². The molecular weight excluding hydrogens is 366 g/mol. The zero-order valence-electron chi connectivity index (χ0n) is 14.1. The van der Waals surface area contributed by atoms with E-state index in [0.29, 0.717) is 17.1 Å². The molecule has 132 valence electrons. The number of rotatable bonds is 4. The van der Waals surface area contributed by atoms with Crippen molar-refractivity contribution in [2.75, 3.05) is 11.9 Å². The first-order chi connectivity index (χ1) is 12.7. The maximum atomic E-state index is 12.5. The van der Waals surface area contributed by atoms with Crippen LogP contribution in [0.15, 0.2) is 48.7 Å². The Hall–Kier alpha value is -2.21. The maximum absolute atomic E-state index is 12.5. The number of benzene rings is 2. The van der Waals surface area contributed by atoms with Crippen LogP contribution in [0.2, 0.25) is 5.02 Å². The van der Waals surface area contributed by atoms with Gasteiger partial charge < -0.3 is 5.32 Å². The predicted molar refractivity (Wildman–Crippen MR) is 106 cm³/mol. The van der Waals surface area contributed by atoms with E-state index >= 15 is 0 Å². The Labute approximate surface area is 161 Å². The lowest BCUT2D eigenvalue weighted by atomic mass is 9.98. The largest absolute Gasteiger partial charge is 0.312 e. The molecule has 0 fully saturated rings. The van der Waals surface area contributed by atoms with Crippen LogP contribution in [-0.2, 0) is 19.4 Å². The number of anilines is 1. The van der Waals surface area contributed by atoms with Gasteiger partial charge in [0.25, 0.3) is 5.91 Å². The minimum atomic E-state index is -0.120. The molecule has 1 aromatic heterocycles. The number of thiazole rings is 1. The van der Waals surface area contributed by atoms with Crippen molar-refractivity contribution in [3.63, 3.8) is 0 Å². The Morgan fingerprint density at radius 3 is 3.00 bits per heavy atom. The zero-order valence-corrected chi connectivity index (χ0v) is 15.7. The number of amides is 1. The Balaban J connectivity index is 1.45. The number of hydrogen-bond donors (Lipinski definition) is 2. The van der Waals surface area contributed by atoms with Crippen LogP contribution in [0.3, 0.4) is 0 Å². The first-order valence-electron chi connectivity index (χ1n) is 8.51. The van der Waals surface area contributed by atoms with Gasteiger partial charge in [-0.05, 0) is 47.9 Å². The lowest BCUT2D eigenvalue weighted by Gasteiger charge is -2.17. The third kappa shape index (κ3) is 3.80.